The van der Waals surface area contributed by atoms with Crippen molar-refractivity contribution < 1.29 is 4.79 Å². The Bertz CT molecular complexity index is 1120. The van der Waals surface area contributed by atoms with E-state index in [0.717, 1.165) is 0 Å². The van der Waals surface area contributed by atoms with Crippen LogP contribution in [0.5, 0.6) is 0 Å². The van der Waals surface area contributed by atoms with Crippen LogP contribution in [0, 0.1) is 0 Å². The van der Waals surface area contributed by atoms with E-state index < -0.39 is 5.91 Å². The fourth-order valence-electron chi connectivity index (χ4n) is 2.90. The number of hydrogen-bond acceptors (Lipinski definition) is 4. The quantitative estimate of drug-likeness (QED) is 0.616. The van der Waals surface area contributed by atoms with Crippen molar-refractivity contribution in [3.63, 3.8) is 0 Å². The summed E-state index contributed by atoms with van der Waals surface area (Å²) in [4.78, 5) is 29.4. The van der Waals surface area contributed by atoms with Crippen LogP contribution in [-0.2, 0) is 6.42 Å². The highest BCUT2D eigenvalue weighted by Crippen LogP contribution is 2.18. The Morgan fingerprint density at radius 3 is 2.92 bits per heavy atom. The minimum atomic E-state index is -0.390. The lowest BCUT2D eigenvalue weighted by Gasteiger charge is -2.08. The van der Waals surface area contributed by atoms with Crippen LogP contribution in [0.15, 0.2) is 65.0 Å². The van der Waals surface area contributed by atoms with Crippen LogP contribution in [-0.4, -0.2) is 21.8 Å². The number of nitrogens with zero attached hydrogens (tertiary/aromatic N) is 2. The van der Waals surface area contributed by atoms with Crippen molar-refractivity contribution in [3.8, 4) is 0 Å². The van der Waals surface area contributed by atoms with E-state index in [2.05, 4.69) is 34.6 Å². The SMILES string of the molecule is O=C(NCCc1cccc2ccccc12)c1cnc2sccn2c1=O. The van der Waals surface area contributed by atoms with Crippen molar-refractivity contribution in [2.45, 2.75) is 6.42 Å². The molecule has 4 aromatic rings. The number of amides is 1. The fraction of sp³-hybridized carbons (Fsp3) is 0.105. The summed E-state index contributed by atoms with van der Waals surface area (Å²) < 4.78 is 1.39. The maximum atomic E-state index is 12.3. The maximum absolute atomic E-state index is 12.3. The zero-order valence-electron chi connectivity index (χ0n) is 13.3. The lowest BCUT2D eigenvalue weighted by atomic mass is 10.0. The standard InChI is InChI=1S/C19H15N3O2S/c23-17(16-12-21-19-22(18(16)24)10-11-25-19)20-9-8-14-6-3-5-13-4-1-2-7-15(13)14/h1-7,10-12H,8-9H2,(H,20,23). The lowest BCUT2D eigenvalue weighted by molar-refractivity contribution is 0.0952. The average Bonchev–Trinajstić information content (AvgIpc) is 3.12. The largest absolute Gasteiger partial charge is 0.351 e. The summed E-state index contributed by atoms with van der Waals surface area (Å²) in [6.07, 6.45) is 3.67. The van der Waals surface area contributed by atoms with E-state index in [1.165, 1.54) is 38.3 Å². The monoisotopic (exact) mass is 349 g/mol. The number of carbonyl (C=O) groups excluding carboxylic acids is 1. The Morgan fingerprint density at radius 2 is 2.00 bits per heavy atom. The number of carbonyl (C=O) groups is 1. The zero-order valence-corrected chi connectivity index (χ0v) is 14.1. The van der Waals surface area contributed by atoms with Gasteiger partial charge < -0.3 is 5.32 Å². The first-order chi connectivity index (χ1) is 12.2. The van der Waals surface area contributed by atoms with Gasteiger partial charge in [0.15, 0.2) is 4.96 Å². The molecule has 0 atom stereocenters. The molecule has 2 aromatic carbocycles. The van der Waals surface area contributed by atoms with Gasteiger partial charge in [0.25, 0.3) is 11.5 Å². The molecule has 0 fully saturated rings. The van der Waals surface area contributed by atoms with Gasteiger partial charge in [0.1, 0.15) is 5.56 Å². The number of thiazole rings is 1. The fourth-order valence-corrected chi connectivity index (χ4v) is 3.57. The summed E-state index contributed by atoms with van der Waals surface area (Å²) in [5.74, 6) is -0.390. The molecular weight excluding hydrogens is 334 g/mol. The molecule has 124 valence electrons. The molecule has 0 aliphatic carbocycles. The normalized spacial score (nSPS) is 11.0. The van der Waals surface area contributed by atoms with Gasteiger partial charge in [-0.05, 0) is 22.8 Å². The molecule has 25 heavy (non-hydrogen) atoms. The maximum Gasteiger partial charge on any atom is 0.271 e. The Morgan fingerprint density at radius 1 is 1.16 bits per heavy atom. The second-order valence-corrected chi connectivity index (χ2v) is 6.55. The molecule has 0 aliphatic heterocycles. The number of nitrogens with one attached hydrogen (secondary N) is 1. The van der Waals surface area contributed by atoms with Crippen LogP contribution in [0.25, 0.3) is 15.7 Å². The van der Waals surface area contributed by atoms with E-state index in [-0.39, 0.29) is 11.1 Å². The number of fused-ring (bicyclic) bond motifs is 2. The highest BCUT2D eigenvalue weighted by molar-refractivity contribution is 7.15. The summed E-state index contributed by atoms with van der Waals surface area (Å²) in [5.41, 5.74) is 0.893. The summed E-state index contributed by atoms with van der Waals surface area (Å²) in [5, 5.41) is 6.95. The van der Waals surface area contributed by atoms with Gasteiger partial charge in [0, 0.05) is 24.3 Å². The summed E-state index contributed by atoms with van der Waals surface area (Å²) in [6, 6.07) is 14.3. The topological polar surface area (TPSA) is 63.5 Å². The molecule has 1 amide bonds. The second kappa shape index (κ2) is 6.49. The van der Waals surface area contributed by atoms with Gasteiger partial charge in [-0.15, -0.1) is 11.3 Å². The third-order valence-corrected chi connectivity index (χ3v) is 4.92. The van der Waals surface area contributed by atoms with E-state index in [0.29, 0.717) is 17.9 Å². The van der Waals surface area contributed by atoms with Gasteiger partial charge in [-0.3, -0.25) is 14.0 Å². The second-order valence-electron chi connectivity index (χ2n) is 5.68. The third kappa shape index (κ3) is 2.92. The molecule has 0 saturated heterocycles. The van der Waals surface area contributed by atoms with Crippen molar-refractivity contribution in [2.75, 3.05) is 6.54 Å². The Hall–Kier alpha value is -2.99. The van der Waals surface area contributed by atoms with E-state index in [1.54, 1.807) is 11.6 Å². The number of benzene rings is 2. The molecule has 0 radical (unpaired) electrons. The van der Waals surface area contributed by atoms with Crippen molar-refractivity contribution in [2.24, 2.45) is 0 Å². The van der Waals surface area contributed by atoms with Crippen LogP contribution in [0.3, 0.4) is 0 Å². The summed E-state index contributed by atoms with van der Waals surface area (Å²) >= 11 is 1.36. The van der Waals surface area contributed by atoms with Crippen LogP contribution in [0.2, 0.25) is 0 Å². The minimum absolute atomic E-state index is 0.0637. The number of hydrogen-bond donors (Lipinski definition) is 1. The summed E-state index contributed by atoms with van der Waals surface area (Å²) in [7, 11) is 0. The van der Waals surface area contributed by atoms with Gasteiger partial charge in [0.2, 0.25) is 0 Å². The Kier molecular flexibility index (Phi) is 4.03. The first kappa shape index (κ1) is 15.5. The van der Waals surface area contributed by atoms with Crippen molar-refractivity contribution >= 4 is 33.0 Å². The zero-order chi connectivity index (χ0) is 17.2. The van der Waals surface area contributed by atoms with E-state index >= 15 is 0 Å². The van der Waals surface area contributed by atoms with Gasteiger partial charge in [-0.1, -0.05) is 42.5 Å². The molecule has 0 unspecified atom stereocenters. The van der Waals surface area contributed by atoms with Gasteiger partial charge in [-0.2, -0.15) is 0 Å². The average molecular weight is 349 g/mol. The first-order valence-corrected chi connectivity index (χ1v) is 8.82. The van der Waals surface area contributed by atoms with Crippen molar-refractivity contribution in [3.05, 3.63) is 81.7 Å². The van der Waals surface area contributed by atoms with Crippen molar-refractivity contribution in [1.82, 2.24) is 14.7 Å². The molecule has 4 rings (SSSR count). The van der Waals surface area contributed by atoms with Gasteiger partial charge in [0.05, 0.1) is 0 Å². The molecule has 6 heteroatoms. The molecule has 0 bridgehead atoms. The molecule has 0 saturated carbocycles. The lowest BCUT2D eigenvalue weighted by Crippen LogP contribution is -2.32. The smallest absolute Gasteiger partial charge is 0.271 e. The van der Waals surface area contributed by atoms with E-state index in [9.17, 15) is 9.59 Å². The predicted molar refractivity (Wildman–Crippen MR) is 99.3 cm³/mol. The van der Waals surface area contributed by atoms with Crippen LogP contribution < -0.4 is 10.9 Å². The molecule has 0 aliphatic rings. The predicted octanol–water partition coefficient (Wildman–Crippen LogP) is 2.88. The molecule has 2 heterocycles. The molecular formula is C19H15N3O2S. The Labute approximate surface area is 147 Å². The Balaban J connectivity index is 1.50. The van der Waals surface area contributed by atoms with Crippen LogP contribution >= 0.6 is 11.3 Å². The number of aromatic nitrogens is 2. The van der Waals surface area contributed by atoms with Gasteiger partial charge >= 0.3 is 0 Å². The van der Waals surface area contributed by atoms with Crippen molar-refractivity contribution in [1.29, 1.82) is 0 Å². The van der Waals surface area contributed by atoms with Gasteiger partial charge in [-0.25, -0.2) is 4.98 Å². The molecule has 0 spiro atoms. The third-order valence-electron chi connectivity index (χ3n) is 4.15. The van der Waals surface area contributed by atoms with Crippen LogP contribution in [0.4, 0.5) is 0 Å². The molecule has 1 N–H and O–H groups in total. The first-order valence-electron chi connectivity index (χ1n) is 7.94. The highest BCUT2D eigenvalue weighted by Gasteiger charge is 2.13. The number of rotatable bonds is 4. The minimum Gasteiger partial charge on any atom is -0.351 e. The molecule has 5 nitrogen and oxygen atoms in total. The summed E-state index contributed by atoms with van der Waals surface area (Å²) in [6.45, 7) is 0.457. The van der Waals surface area contributed by atoms with E-state index in [4.69, 9.17) is 0 Å². The van der Waals surface area contributed by atoms with Crippen LogP contribution in [0.1, 0.15) is 15.9 Å². The highest BCUT2D eigenvalue weighted by atomic mass is 32.1. The molecule has 2 aromatic heterocycles. The van der Waals surface area contributed by atoms with E-state index in [1.807, 2.05) is 18.2 Å².